The van der Waals surface area contributed by atoms with E-state index in [4.69, 9.17) is 24.4 Å². The summed E-state index contributed by atoms with van der Waals surface area (Å²) in [6, 6.07) is 14.3. The quantitative estimate of drug-likeness (QED) is 0.633. The van der Waals surface area contributed by atoms with Crippen LogP contribution in [0.25, 0.3) is 10.9 Å². The number of carboxylic acid groups (broad SMARTS) is 1. The third-order valence-corrected chi connectivity index (χ3v) is 4.95. The maximum absolute atomic E-state index is 10.6. The van der Waals surface area contributed by atoms with Gasteiger partial charge in [-0.25, -0.2) is 4.79 Å². The fourth-order valence-corrected chi connectivity index (χ4v) is 3.47. The van der Waals surface area contributed by atoms with E-state index < -0.39 is 12.1 Å². The van der Waals surface area contributed by atoms with Crippen LogP contribution in [0, 0.1) is 6.92 Å². The monoisotopic (exact) mass is 434 g/mol. The first-order chi connectivity index (χ1) is 14.7. The van der Waals surface area contributed by atoms with Crippen LogP contribution in [-0.4, -0.2) is 43.0 Å². The number of pyridine rings is 1. The van der Waals surface area contributed by atoms with Crippen LogP contribution in [-0.2, 0) is 11.2 Å². The molecule has 31 heavy (non-hydrogen) atoms. The second kappa shape index (κ2) is 8.71. The zero-order valence-corrected chi connectivity index (χ0v) is 17.2. The van der Waals surface area contributed by atoms with Gasteiger partial charge in [-0.15, -0.1) is 0 Å². The van der Waals surface area contributed by atoms with Gasteiger partial charge in [-0.3, -0.25) is 4.98 Å². The van der Waals surface area contributed by atoms with E-state index >= 15 is 0 Å². The Bertz CT molecular complexity index is 1100. The molecular weight excluding hydrogens is 413 g/mol. The van der Waals surface area contributed by atoms with Gasteiger partial charge < -0.3 is 19.5 Å². The number of hydrogen-bond acceptors (Lipinski definition) is 5. The number of aromatic nitrogens is 1. The van der Waals surface area contributed by atoms with Crippen LogP contribution in [0.4, 0.5) is 24.5 Å². The fourth-order valence-electron chi connectivity index (χ4n) is 3.47. The standard InChI is InChI=1S/C20H20N2O2.C2HF3O2/c1-13-17-10-11-22(14-4-6-15(23-2)7-5-14)20(17)18-12-16(24-3)8-9-19(18)21-13;3-2(4,5)1(6)7/h4-9,12H,10-11H2,1-3H3;(H,6,7). The number of fused-ring (bicyclic) bond motifs is 3. The third-order valence-electron chi connectivity index (χ3n) is 4.95. The van der Waals surface area contributed by atoms with Gasteiger partial charge in [0.2, 0.25) is 0 Å². The van der Waals surface area contributed by atoms with Crippen molar-refractivity contribution in [2.75, 3.05) is 25.7 Å². The van der Waals surface area contributed by atoms with Crippen molar-refractivity contribution in [2.45, 2.75) is 19.5 Å². The minimum absolute atomic E-state index is 0.858. The summed E-state index contributed by atoms with van der Waals surface area (Å²) in [7, 11) is 3.39. The van der Waals surface area contributed by atoms with Gasteiger partial charge in [0, 0.05) is 23.3 Å². The van der Waals surface area contributed by atoms with E-state index in [9.17, 15) is 13.2 Å². The van der Waals surface area contributed by atoms with Crippen molar-refractivity contribution in [2.24, 2.45) is 0 Å². The van der Waals surface area contributed by atoms with Gasteiger partial charge in [0.25, 0.3) is 0 Å². The highest BCUT2D eigenvalue weighted by atomic mass is 19.4. The number of alkyl halides is 3. The highest BCUT2D eigenvalue weighted by Crippen LogP contribution is 2.42. The predicted octanol–water partition coefficient (Wildman–Crippen LogP) is 4.89. The molecule has 1 aliphatic heterocycles. The first kappa shape index (κ1) is 22.2. The van der Waals surface area contributed by atoms with Gasteiger partial charge in [-0.2, -0.15) is 13.2 Å². The summed E-state index contributed by atoms with van der Waals surface area (Å²) in [5, 5.41) is 8.27. The Hall–Kier alpha value is -3.49. The van der Waals surface area contributed by atoms with Crippen molar-refractivity contribution in [3.8, 4) is 11.5 Å². The van der Waals surface area contributed by atoms with Gasteiger partial charge in [0.05, 0.1) is 25.4 Å². The third kappa shape index (κ3) is 4.65. The maximum atomic E-state index is 10.6. The molecule has 164 valence electrons. The van der Waals surface area contributed by atoms with Crippen LogP contribution in [0.15, 0.2) is 42.5 Å². The van der Waals surface area contributed by atoms with Crippen molar-refractivity contribution in [1.29, 1.82) is 0 Å². The summed E-state index contributed by atoms with van der Waals surface area (Å²) in [6.45, 7) is 3.06. The minimum atomic E-state index is -5.08. The molecule has 0 aliphatic carbocycles. The van der Waals surface area contributed by atoms with Gasteiger partial charge in [0.1, 0.15) is 11.5 Å². The number of carboxylic acids is 1. The average molecular weight is 434 g/mol. The molecule has 0 atom stereocenters. The number of carbonyl (C=O) groups is 1. The maximum Gasteiger partial charge on any atom is 0.490 e. The summed E-state index contributed by atoms with van der Waals surface area (Å²) in [4.78, 5) is 16.0. The molecule has 9 heteroatoms. The molecule has 3 aromatic rings. The number of ether oxygens (including phenoxy) is 2. The van der Waals surface area contributed by atoms with E-state index in [-0.39, 0.29) is 0 Å². The topological polar surface area (TPSA) is 71.9 Å². The summed E-state index contributed by atoms with van der Waals surface area (Å²) < 4.78 is 42.4. The molecule has 0 saturated carbocycles. The second-order valence-electron chi connectivity index (χ2n) is 6.81. The van der Waals surface area contributed by atoms with E-state index in [2.05, 4.69) is 30.0 Å². The molecule has 1 N–H and O–H groups in total. The highest BCUT2D eigenvalue weighted by Gasteiger charge is 2.38. The van der Waals surface area contributed by atoms with Crippen molar-refractivity contribution in [3.05, 3.63) is 53.7 Å². The summed E-state index contributed by atoms with van der Waals surface area (Å²) in [6.07, 6.45) is -4.08. The Kier molecular flexibility index (Phi) is 6.24. The number of nitrogens with zero attached hydrogens (tertiary/aromatic N) is 2. The van der Waals surface area contributed by atoms with Gasteiger partial charge in [-0.05, 0) is 61.4 Å². The van der Waals surface area contributed by atoms with E-state index in [0.29, 0.717) is 0 Å². The van der Waals surface area contributed by atoms with Crippen molar-refractivity contribution >= 4 is 28.2 Å². The molecule has 2 aromatic carbocycles. The molecule has 1 aromatic heterocycles. The minimum Gasteiger partial charge on any atom is -0.497 e. The molecule has 0 spiro atoms. The number of anilines is 2. The Morgan fingerprint density at radius 3 is 2.19 bits per heavy atom. The number of hydrogen-bond donors (Lipinski definition) is 1. The summed E-state index contributed by atoms with van der Waals surface area (Å²) >= 11 is 0. The SMILES string of the molecule is COc1ccc(N2CCc3c(C)nc4ccc(OC)cc4c32)cc1.O=C(O)C(F)(F)F. The molecule has 0 unspecified atom stereocenters. The lowest BCUT2D eigenvalue weighted by Crippen LogP contribution is -2.21. The number of aliphatic carboxylic acids is 1. The largest absolute Gasteiger partial charge is 0.497 e. The lowest BCUT2D eigenvalue weighted by Gasteiger charge is -2.22. The Balaban J connectivity index is 0.000000339. The molecular formula is C22H21F3N2O4. The van der Waals surface area contributed by atoms with Crippen molar-refractivity contribution in [1.82, 2.24) is 4.98 Å². The number of methoxy groups -OCH3 is 2. The molecule has 0 amide bonds. The molecule has 4 rings (SSSR count). The van der Waals surface area contributed by atoms with Crippen LogP contribution in [0.2, 0.25) is 0 Å². The van der Waals surface area contributed by atoms with E-state index in [1.54, 1.807) is 14.2 Å². The average Bonchev–Trinajstić information content (AvgIpc) is 3.19. The first-order valence-corrected chi connectivity index (χ1v) is 9.34. The highest BCUT2D eigenvalue weighted by molar-refractivity contribution is 5.98. The molecule has 0 bridgehead atoms. The van der Waals surface area contributed by atoms with Gasteiger partial charge in [0.15, 0.2) is 0 Å². The fraction of sp³-hybridized carbons (Fsp3) is 0.273. The summed E-state index contributed by atoms with van der Waals surface area (Å²) in [5.74, 6) is -1.03. The van der Waals surface area contributed by atoms with E-state index in [1.807, 2.05) is 24.3 Å². The predicted molar refractivity (Wildman–Crippen MR) is 110 cm³/mol. The molecule has 0 radical (unpaired) electrons. The Morgan fingerprint density at radius 1 is 1.06 bits per heavy atom. The Labute approximate surface area is 176 Å². The lowest BCUT2D eigenvalue weighted by molar-refractivity contribution is -0.192. The number of halogens is 3. The molecule has 2 heterocycles. The smallest absolute Gasteiger partial charge is 0.490 e. The Morgan fingerprint density at radius 2 is 1.65 bits per heavy atom. The zero-order valence-electron chi connectivity index (χ0n) is 17.2. The van der Waals surface area contributed by atoms with E-state index in [0.717, 1.165) is 41.1 Å². The van der Waals surface area contributed by atoms with Crippen LogP contribution < -0.4 is 14.4 Å². The van der Waals surface area contributed by atoms with Crippen molar-refractivity contribution in [3.63, 3.8) is 0 Å². The number of rotatable bonds is 3. The zero-order chi connectivity index (χ0) is 22.8. The van der Waals surface area contributed by atoms with Crippen LogP contribution in [0.1, 0.15) is 11.3 Å². The molecule has 0 saturated heterocycles. The lowest BCUT2D eigenvalue weighted by atomic mass is 10.1. The van der Waals surface area contributed by atoms with Gasteiger partial charge in [-0.1, -0.05) is 0 Å². The first-order valence-electron chi connectivity index (χ1n) is 9.34. The van der Waals surface area contributed by atoms with Gasteiger partial charge >= 0.3 is 12.1 Å². The van der Waals surface area contributed by atoms with Crippen LogP contribution >= 0.6 is 0 Å². The number of benzene rings is 2. The molecule has 1 aliphatic rings. The summed E-state index contributed by atoms with van der Waals surface area (Å²) in [5.41, 5.74) is 5.86. The van der Waals surface area contributed by atoms with Crippen molar-refractivity contribution < 1.29 is 32.5 Å². The number of aryl methyl sites for hydroxylation is 1. The second-order valence-corrected chi connectivity index (χ2v) is 6.81. The molecule has 6 nitrogen and oxygen atoms in total. The van der Waals surface area contributed by atoms with Crippen LogP contribution in [0.3, 0.4) is 0 Å². The van der Waals surface area contributed by atoms with E-state index in [1.165, 1.54) is 16.9 Å². The van der Waals surface area contributed by atoms with Crippen LogP contribution in [0.5, 0.6) is 11.5 Å². The normalized spacial score (nSPS) is 12.8. The molecule has 0 fully saturated rings.